The smallest absolute Gasteiger partial charge is 0.115 e. The molecular weight excluding hydrogens is 238 g/mol. The number of phenolic OH excluding ortho intramolecular Hbond substituents is 2. The van der Waals surface area contributed by atoms with Crippen LogP contribution >= 0.6 is 0 Å². The van der Waals surface area contributed by atoms with Crippen LogP contribution in [-0.2, 0) is 0 Å². The van der Waals surface area contributed by atoms with Gasteiger partial charge in [0, 0.05) is 13.1 Å². The maximum absolute atomic E-state index is 9.66. The molecule has 0 atom stereocenters. The average molecular weight is 251 g/mol. The van der Waals surface area contributed by atoms with Crippen LogP contribution in [-0.4, -0.2) is 17.3 Å². The highest BCUT2D eigenvalue weighted by molar-refractivity contribution is 5.81. The SMILES string of the molecule is CNC#CC1c2cc(O)ccc2-c2ccc(O)cc21. The number of nitrogens with one attached hydrogen (secondary N) is 1. The van der Waals surface area contributed by atoms with Gasteiger partial charge in [0.05, 0.1) is 5.92 Å². The number of benzene rings is 2. The van der Waals surface area contributed by atoms with E-state index < -0.39 is 0 Å². The fourth-order valence-corrected chi connectivity index (χ4v) is 2.54. The van der Waals surface area contributed by atoms with Gasteiger partial charge in [-0.15, -0.1) is 0 Å². The molecular formula is C16H13NO2. The van der Waals surface area contributed by atoms with Crippen LogP contribution in [0.2, 0.25) is 0 Å². The van der Waals surface area contributed by atoms with Crippen LogP contribution in [0, 0.1) is 12.0 Å². The molecule has 0 aromatic heterocycles. The summed E-state index contributed by atoms with van der Waals surface area (Å²) < 4.78 is 0. The van der Waals surface area contributed by atoms with Crippen molar-refractivity contribution in [1.82, 2.24) is 5.32 Å². The van der Waals surface area contributed by atoms with Crippen LogP contribution in [0.1, 0.15) is 17.0 Å². The summed E-state index contributed by atoms with van der Waals surface area (Å²) in [5.74, 6) is 3.44. The van der Waals surface area contributed by atoms with Crippen molar-refractivity contribution in [1.29, 1.82) is 0 Å². The lowest BCUT2D eigenvalue weighted by molar-refractivity contribution is 0.474. The molecule has 2 aromatic carbocycles. The minimum atomic E-state index is -0.128. The monoisotopic (exact) mass is 251 g/mol. The zero-order valence-corrected chi connectivity index (χ0v) is 10.4. The second-order valence-electron chi connectivity index (χ2n) is 4.50. The van der Waals surface area contributed by atoms with E-state index in [1.54, 1.807) is 31.3 Å². The predicted molar refractivity (Wildman–Crippen MR) is 73.9 cm³/mol. The average Bonchev–Trinajstić information content (AvgIpc) is 2.68. The van der Waals surface area contributed by atoms with Crippen molar-refractivity contribution in [2.45, 2.75) is 5.92 Å². The molecule has 0 bridgehead atoms. The zero-order chi connectivity index (χ0) is 13.4. The van der Waals surface area contributed by atoms with Gasteiger partial charge in [-0.05, 0) is 46.5 Å². The predicted octanol–water partition coefficient (Wildman–Crippen LogP) is 2.39. The van der Waals surface area contributed by atoms with E-state index in [2.05, 4.69) is 17.3 Å². The Morgan fingerprint density at radius 1 is 0.947 bits per heavy atom. The van der Waals surface area contributed by atoms with Gasteiger partial charge in [-0.25, -0.2) is 0 Å². The summed E-state index contributed by atoms with van der Waals surface area (Å²) >= 11 is 0. The Labute approximate surface area is 111 Å². The maximum atomic E-state index is 9.66. The third kappa shape index (κ3) is 1.78. The summed E-state index contributed by atoms with van der Waals surface area (Å²) in [6.07, 6.45) is 0. The van der Waals surface area contributed by atoms with Crippen LogP contribution in [0.4, 0.5) is 0 Å². The molecule has 3 nitrogen and oxygen atoms in total. The molecule has 3 rings (SSSR count). The molecule has 1 aliphatic carbocycles. The topological polar surface area (TPSA) is 52.5 Å². The molecule has 0 saturated carbocycles. The molecule has 94 valence electrons. The van der Waals surface area contributed by atoms with Gasteiger partial charge in [0.2, 0.25) is 0 Å². The summed E-state index contributed by atoms with van der Waals surface area (Å²) in [7, 11) is 1.76. The van der Waals surface area contributed by atoms with Crippen molar-refractivity contribution in [3.05, 3.63) is 47.5 Å². The van der Waals surface area contributed by atoms with E-state index in [-0.39, 0.29) is 17.4 Å². The molecule has 0 fully saturated rings. The van der Waals surface area contributed by atoms with E-state index in [1.807, 2.05) is 12.1 Å². The second-order valence-corrected chi connectivity index (χ2v) is 4.50. The highest BCUT2D eigenvalue weighted by Gasteiger charge is 2.28. The number of hydrogen-bond donors (Lipinski definition) is 3. The molecule has 0 radical (unpaired) electrons. The van der Waals surface area contributed by atoms with Gasteiger partial charge in [0.15, 0.2) is 0 Å². The number of fused-ring (bicyclic) bond motifs is 3. The first-order chi connectivity index (χ1) is 9.20. The van der Waals surface area contributed by atoms with E-state index in [1.165, 1.54) is 0 Å². The molecule has 0 amide bonds. The number of aromatic hydroxyl groups is 2. The Kier molecular flexibility index (Phi) is 2.57. The standard InChI is InChI=1S/C16H13NO2/c1-17-7-6-14-15-8-10(18)2-4-12(15)13-5-3-11(19)9-16(13)14/h2-5,8-9,14,17-19H,1H3. The first kappa shape index (κ1) is 11.5. The number of hydrogen-bond acceptors (Lipinski definition) is 3. The lowest BCUT2D eigenvalue weighted by Crippen LogP contribution is -1.97. The molecule has 0 aliphatic heterocycles. The molecule has 2 aromatic rings. The van der Waals surface area contributed by atoms with Gasteiger partial charge >= 0.3 is 0 Å². The van der Waals surface area contributed by atoms with Crippen molar-refractivity contribution < 1.29 is 10.2 Å². The van der Waals surface area contributed by atoms with E-state index in [4.69, 9.17) is 0 Å². The van der Waals surface area contributed by atoms with Gasteiger partial charge in [-0.3, -0.25) is 0 Å². The highest BCUT2D eigenvalue weighted by atomic mass is 16.3. The van der Waals surface area contributed by atoms with Crippen LogP contribution in [0.3, 0.4) is 0 Å². The lowest BCUT2D eigenvalue weighted by atomic mass is 9.97. The zero-order valence-electron chi connectivity index (χ0n) is 10.4. The molecule has 19 heavy (non-hydrogen) atoms. The fraction of sp³-hybridized carbons (Fsp3) is 0.125. The molecule has 1 aliphatic rings. The molecule has 0 spiro atoms. The van der Waals surface area contributed by atoms with E-state index in [0.717, 1.165) is 22.3 Å². The molecule has 3 heteroatoms. The van der Waals surface area contributed by atoms with Crippen LogP contribution in [0.5, 0.6) is 11.5 Å². The normalized spacial score (nSPS) is 12.3. The summed E-state index contributed by atoms with van der Waals surface area (Å²) in [6.45, 7) is 0. The van der Waals surface area contributed by atoms with Gasteiger partial charge in [0.1, 0.15) is 11.5 Å². The molecule has 3 N–H and O–H groups in total. The van der Waals surface area contributed by atoms with Gasteiger partial charge in [-0.1, -0.05) is 18.1 Å². The van der Waals surface area contributed by atoms with Crippen molar-refractivity contribution in [3.63, 3.8) is 0 Å². The Hall–Kier alpha value is -2.60. The Bertz CT molecular complexity index is 659. The molecule has 0 unspecified atom stereocenters. The van der Waals surface area contributed by atoms with Crippen molar-refractivity contribution in [3.8, 4) is 34.6 Å². The number of rotatable bonds is 0. The third-order valence-corrected chi connectivity index (χ3v) is 3.32. The van der Waals surface area contributed by atoms with Crippen molar-refractivity contribution in [2.75, 3.05) is 7.05 Å². The van der Waals surface area contributed by atoms with E-state index >= 15 is 0 Å². The van der Waals surface area contributed by atoms with Crippen LogP contribution in [0.25, 0.3) is 11.1 Å². The minimum Gasteiger partial charge on any atom is -0.508 e. The maximum Gasteiger partial charge on any atom is 0.115 e. The quantitative estimate of drug-likeness (QED) is 0.498. The Morgan fingerprint density at radius 3 is 1.95 bits per heavy atom. The first-order valence-electron chi connectivity index (χ1n) is 6.04. The van der Waals surface area contributed by atoms with Crippen LogP contribution in [0.15, 0.2) is 36.4 Å². The molecule has 0 heterocycles. The lowest BCUT2D eigenvalue weighted by Gasteiger charge is -2.06. The first-order valence-corrected chi connectivity index (χ1v) is 6.04. The Morgan fingerprint density at radius 2 is 1.47 bits per heavy atom. The van der Waals surface area contributed by atoms with E-state index in [0.29, 0.717) is 0 Å². The molecule has 0 saturated heterocycles. The highest BCUT2D eigenvalue weighted by Crippen LogP contribution is 2.46. The summed E-state index contributed by atoms with van der Waals surface area (Å²) in [4.78, 5) is 0. The fourth-order valence-electron chi connectivity index (χ4n) is 2.54. The Balaban J connectivity index is 2.25. The summed E-state index contributed by atoms with van der Waals surface area (Å²) in [6, 6.07) is 13.4. The summed E-state index contributed by atoms with van der Waals surface area (Å²) in [5, 5.41) is 22.1. The van der Waals surface area contributed by atoms with Gasteiger partial charge in [-0.2, -0.15) is 0 Å². The van der Waals surface area contributed by atoms with E-state index in [9.17, 15) is 10.2 Å². The van der Waals surface area contributed by atoms with Gasteiger partial charge < -0.3 is 15.5 Å². The largest absolute Gasteiger partial charge is 0.508 e. The minimum absolute atomic E-state index is 0.128. The second kappa shape index (κ2) is 4.25. The number of phenols is 2. The van der Waals surface area contributed by atoms with Crippen LogP contribution < -0.4 is 5.32 Å². The third-order valence-electron chi connectivity index (χ3n) is 3.32. The van der Waals surface area contributed by atoms with Crippen molar-refractivity contribution in [2.24, 2.45) is 0 Å². The summed E-state index contributed by atoms with van der Waals surface area (Å²) in [5.41, 5.74) is 4.07. The van der Waals surface area contributed by atoms with Crippen molar-refractivity contribution >= 4 is 0 Å². The van der Waals surface area contributed by atoms with Gasteiger partial charge in [0.25, 0.3) is 0 Å².